The first-order valence-corrected chi connectivity index (χ1v) is 10.4. The molecule has 1 aliphatic carbocycles. The monoisotopic (exact) mass is 343 g/mol. The van der Waals surface area contributed by atoms with Crippen LogP contribution < -0.4 is 10.4 Å². The van der Waals surface area contributed by atoms with Gasteiger partial charge >= 0.3 is 0 Å². The smallest absolute Gasteiger partial charge is 0.0343 e. The van der Waals surface area contributed by atoms with E-state index in [1.54, 1.807) is 4.91 Å². The molecular formula is C20H29N3S. The maximum Gasteiger partial charge on any atom is 0.0343 e. The third-order valence-corrected chi connectivity index (χ3v) is 7.15. The molecule has 2 saturated heterocycles. The molecule has 3 heterocycles. The number of likely N-dealkylation sites (tertiary alicyclic amines) is 1. The van der Waals surface area contributed by atoms with Gasteiger partial charge in [0, 0.05) is 36.4 Å². The van der Waals surface area contributed by atoms with Gasteiger partial charge in [-0.15, -0.1) is 0 Å². The predicted octanol–water partition coefficient (Wildman–Crippen LogP) is 2.61. The van der Waals surface area contributed by atoms with Gasteiger partial charge in [-0.2, -0.15) is 0 Å². The van der Waals surface area contributed by atoms with E-state index in [0.717, 1.165) is 18.4 Å². The van der Waals surface area contributed by atoms with Crippen molar-refractivity contribution in [3.05, 3.63) is 28.9 Å². The fourth-order valence-electron chi connectivity index (χ4n) is 4.26. The molecule has 4 heteroatoms. The van der Waals surface area contributed by atoms with Crippen LogP contribution in [-0.2, 0) is 0 Å². The molecule has 130 valence electrons. The van der Waals surface area contributed by atoms with Crippen LogP contribution in [0.25, 0.3) is 11.0 Å². The Balaban J connectivity index is 1.36. The Morgan fingerprint density at radius 1 is 1.08 bits per heavy atom. The largest absolute Gasteiger partial charge is 0.300 e. The second-order valence-corrected chi connectivity index (χ2v) is 8.79. The maximum absolute atomic E-state index is 4.27. The van der Waals surface area contributed by atoms with Crippen LogP contribution in [-0.4, -0.2) is 46.4 Å². The molecule has 0 spiro atoms. The number of aromatic nitrogens is 1. The molecule has 0 unspecified atom stereocenters. The van der Waals surface area contributed by atoms with Crippen LogP contribution in [0.5, 0.6) is 0 Å². The lowest BCUT2D eigenvalue weighted by molar-refractivity contribution is 0.103. The van der Waals surface area contributed by atoms with Crippen molar-refractivity contribution in [3.8, 4) is 0 Å². The number of hydrogen-bond donors (Lipinski definition) is 0. The minimum Gasteiger partial charge on any atom is -0.300 e. The zero-order valence-electron chi connectivity index (χ0n) is 14.8. The first-order valence-electron chi connectivity index (χ1n) is 9.60. The third kappa shape index (κ3) is 3.71. The fourth-order valence-corrected chi connectivity index (χ4v) is 5.46. The number of hydrogen-bond acceptors (Lipinski definition) is 4. The Bertz CT molecular complexity index is 670. The van der Waals surface area contributed by atoms with E-state index in [-0.39, 0.29) is 0 Å². The summed E-state index contributed by atoms with van der Waals surface area (Å²) in [7, 11) is 0. The van der Waals surface area contributed by atoms with Gasteiger partial charge in [0.05, 0.1) is 0 Å². The van der Waals surface area contributed by atoms with Crippen molar-refractivity contribution >= 4 is 22.9 Å². The van der Waals surface area contributed by atoms with Gasteiger partial charge < -0.3 is 4.90 Å². The third-order valence-electron chi connectivity index (χ3n) is 5.89. The molecule has 24 heavy (non-hydrogen) atoms. The van der Waals surface area contributed by atoms with E-state index >= 15 is 0 Å². The van der Waals surface area contributed by atoms with Crippen LogP contribution in [0, 0.1) is 5.92 Å². The Kier molecular flexibility index (Phi) is 5.25. The number of rotatable bonds is 3. The molecule has 0 amide bonds. The molecule has 0 N–H and O–H groups in total. The van der Waals surface area contributed by atoms with E-state index in [0.29, 0.717) is 0 Å². The lowest BCUT2D eigenvalue weighted by atomic mass is 9.95. The molecule has 1 aromatic heterocycles. The van der Waals surface area contributed by atoms with Crippen LogP contribution >= 0.6 is 11.9 Å². The first-order chi connectivity index (χ1) is 11.8. The molecule has 3 aliphatic rings. The molecule has 0 saturated carbocycles. The standard InChI is InChI=1S/C20H29N3S/c1-16-6-11-22(12-7-16)18-8-13-23(14-9-18)24-20-4-2-3-17-15-21-10-5-19(17)20/h3,5,10,15-16,18H,2,4,6-9,11-14H2,1H3. The summed E-state index contributed by atoms with van der Waals surface area (Å²) in [5, 5.41) is 2.73. The predicted molar refractivity (Wildman–Crippen MR) is 103 cm³/mol. The van der Waals surface area contributed by atoms with Gasteiger partial charge in [0.25, 0.3) is 0 Å². The summed E-state index contributed by atoms with van der Waals surface area (Å²) in [6, 6.07) is 3.02. The Labute approximate surface area is 150 Å². The van der Waals surface area contributed by atoms with Crippen molar-refractivity contribution in [2.45, 2.75) is 51.5 Å². The van der Waals surface area contributed by atoms with Gasteiger partial charge in [-0.25, -0.2) is 4.31 Å². The number of fused-ring (bicyclic) bond motifs is 1. The number of pyridine rings is 1. The first kappa shape index (κ1) is 16.6. The van der Waals surface area contributed by atoms with Crippen LogP contribution in [0.15, 0.2) is 18.5 Å². The highest BCUT2D eigenvalue weighted by molar-refractivity contribution is 8.05. The molecule has 3 nitrogen and oxygen atoms in total. The maximum atomic E-state index is 4.27. The summed E-state index contributed by atoms with van der Waals surface area (Å²) < 4.78 is 2.61. The Hall–Kier alpha value is -0.840. The molecule has 0 bridgehead atoms. The van der Waals surface area contributed by atoms with Crippen molar-refractivity contribution in [1.82, 2.24) is 14.2 Å². The van der Waals surface area contributed by atoms with E-state index in [9.17, 15) is 0 Å². The van der Waals surface area contributed by atoms with E-state index in [1.165, 1.54) is 68.7 Å². The van der Waals surface area contributed by atoms with E-state index in [4.69, 9.17) is 0 Å². The quantitative estimate of drug-likeness (QED) is 0.786. The highest BCUT2D eigenvalue weighted by Gasteiger charge is 2.27. The number of nitrogens with zero attached hydrogens (tertiary/aromatic N) is 3. The fraction of sp³-hybridized carbons (Fsp3) is 0.650. The lowest BCUT2D eigenvalue weighted by Gasteiger charge is -2.41. The van der Waals surface area contributed by atoms with E-state index in [2.05, 4.69) is 33.3 Å². The van der Waals surface area contributed by atoms with E-state index < -0.39 is 0 Å². The van der Waals surface area contributed by atoms with Gasteiger partial charge in [-0.3, -0.25) is 4.98 Å². The highest BCUT2D eigenvalue weighted by atomic mass is 32.2. The van der Waals surface area contributed by atoms with Crippen molar-refractivity contribution in [2.75, 3.05) is 26.2 Å². The summed E-state index contributed by atoms with van der Waals surface area (Å²) in [6.45, 7) is 7.52. The summed E-state index contributed by atoms with van der Waals surface area (Å²) >= 11 is 2.02. The second kappa shape index (κ2) is 7.59. The van der Waals surface area contributed by atoms with Crippen LogP contribution in [0.3, 0.4) is 0 Å². The molecule has 2 aliphatic heterocycles. The van der Waals surface area contributed by atoms with Crippen LogP contribution in [0.1, 0.15) is 45.4 Å². The average Bonchev–Trinajstić information content (AvgIpc) is 2.63. The Morgan fingerprint density at radius 3 is 2.67 bits per heavy atom. The van der Waals surface area contributed by atoms with Gasteiger partial charge in [0.2, 0.25) is 0 Å². The van der Waals surface area contributed by atoms with Gasteiger partial charge in [0.15, 0.2) is 0 Å². The van der Waals surface area contributed by atoms with Gasteiger partial charge in [-0.05, 0) is 86.0 Å². The highest BCUT2D eigenvalue weighted by Crippen LogP contribution is 2.31. The van der Waals surface area contributed by atoms with E-state index in [1.807, 2.05) is 24.3 Å². The lowest BCUT2D eigenvalue weighted by Crippen LogP contribution is -2.46. The molecule has 0 radical (unpaired) electrons. The molecule has 0 atom stereocenters. The summed E-state index contributed by atoms with van der Waals surface area (Å²) in [6.07, 6.45) is 14.1. The Morgan fingerprint density at radius 2 is 1.88 bits per heavy atom. The SMILES string of the molecule is CC1CCN(C2CCN(SC3=c4ccncc4=CCC3)CC2)CC1. The van der Waals surface area contributed by atoms with Gasteiger partial charge in [-0.1, -0.05) is 13.0 Å². The van der Waals surface area contributed by atoms with Crippen molar-refractivity contribution in [3.63, 3.8) is 0 Å². The van der Waals surface area contributed by atoms with Crippen LogP contribution in [0.2, 0.25) is 0 Å². The van der Waals surface area contributed by atoms with Crippen molar-refractivity contribution in [1.29, 1.82) is 0 Å². The summed E-state index contributed by atoms with van der Waals surface area (Å²) in [4.78, 5) is 8.58. The second-order valence-electron chi connectivity index (χ2n) is 7.60. The van der Waals surface area contributed by atoms with Crippen LogP contribution in [0.4, 0.5) is 0 Å². The molecule has 1 aromatic rings. The zero-order chi connectivity index (χ0) is 16.4. The van der Waals surface area contributed by atoms with Crippen molar-refractivity contribution in [2.24, 2.45) is 5.92 Å². The number of piperidine rings is 2. The minimum atomic E-state index is 0.829. The van der Waals surface area contributed by atoms with Gasteiger partial charge in [0.1, 0.15) is 0 Å². The topological polar surface area (TPSA) is 19.4 Å². The molecule has 2 fully saturated rings. The minimum absolute atomic E-state index is 0.829. The molecule has 4 rings (SSSR count). The normalized spacial score (nSPS) is 24.6. The zero-order valence-corrected chi connectivity index (χ0v) is 15.6. The summed E-state index contributed by atoms with van der Waals surface area (Å²) in [5.74, 6) is 0.936. The molecular weight excluding hydrogens is 314 g/mol. The summed E-state index contributed by atoms with van der Waals surface area (Å²) in [5.41, 5.74) is 0. The average molecular weight is 344 g/mol. The molecule has 0 aromatic carbocycles. The van der Waals surface area contributed by atoms with Crippen molar-refractivity contribution < 1.29 is 0 Å².